The van der Waals surface area contributed by atoms with Gasteiger partial charge >= 0.3 is 5.97 Å². The van der Waals surface area contributed by atoms with Gasteiger partial charge in [0.25, 0.3) is 5.91 Å². The Morgan fingerprint density at radius 2 is 1.84 bits per heavy atom. The summed E-state index contributed by atoms with van der Waals surface area (Å²) in [6.45, 7) is 2.62. The van der Waals surface area contributed by atoms with Gasteiger partial charge in [-0.05, 0) is 30.9 Å². The first kappa shape index (κ1) is 26.3. The molecule has 6 N–H and O–H groups in total. The van der Waals surface area contributed by atoms with E-state index in [2.05, 4.69) is 30.3 Å². The van der Waals surface area contributed by atoms with Crippen LogP contribution in [0.3, 0.4) is 0 Å². The lowest BCUT2D eigenvalue weighted by atomic mass is 10.1. The van der Waals surface area contributed by atoms with Crippen LogP contribution in [0.25, 0.3) is 11.2 Å². The smallest absolute Gasteiger partial charge is 0.305 e. The fourth-order valence-corrected chi connectivity index (χ4v) is 4.12. The number of nitrogens with one attached hydrogen (secondary N) is 2. The van der Waals surface area contributed by atoms with Gasteiger partial charge in [-0.15, -0.1) is 0 Å². The molecule has 198 valence electrons. The van der Waals surface area contributed by atoms with Crippen LogP contribution in [-0.2, 0) is 31.9 Å². The molecule has 0 aliphatic carbocycles. The van der Waals surface area contributed by atoms with Gasteiger partial charge in [0.2, 0.25) is 5.95 Å². The molecule has 37 heavy (non-hydrogen) atoms. The van der Waals surface area contributed by atoms with Crippen LogP contribution in [0.1, 0.15) is 30.7 Å². The highest BCUT2D eigenvalue weighted by Gasteiger charge is 2.47. The van der Waals surface area contributed by atoms with E-state index >= 15 is 0 Å². The number of hydrogen-bond acceptors (Lipinski definition) is 11. The number of nitrogen functional groups attached to an aromatic ring is 1. The standard InChI is InChI=1S/C24H31N7O6/c1-3-26-22(35)19-17(33)18(34)23(37-19)31-12-28-16-20(25)29-24(30-21(16)31)27-11-10-14-6-4-13(5-7-14)8-9-15(32)36-2/h4-7,12,17-19,23,33-34H,3,8-11H2,1-2H3,(H,26,35)(H3,25,27,29,30)/t17-,18+,19-,23+/m0/s1. The van der Waals surface area contributed by atoms with E-state index in [-0.39, 0.29) is 23.4 Å². The number of esters is 1. The zero-order chi connectivity index (χ0) is 26.5. The molecule has 0 saturated carbocycles. The number of carbonyl (C=O) groups is 2. The van der Waals surface area contributed by atoms with Gasteiger partial charge in [-0.2, -0.15) is 9.97 Å². The first-order chi connectivity index (χ1) is 17.8. The summed E-state index contributed by atoms with van der Waals surface area (Å²) < 4.78 is 11.8. The van der Waals surface area contributed by atoms with Crippen LogP contribution in [0.5, 0.6) is 0 Å². The number of imidazole rings is 1. The van der Waals surface area contributed by atoms with Gasteiger partial charge in [-0.25, -0.2) is 4.98 Å². The van der Waals surface area contributed by atoms with Crippen molar-refractivity contribution in [2.45, 2.75) is 50.7 Å². The van der Waals surface area contributed by atoms with Crippen LogP contribution in [0.2, 0.25) is 0 Å². The zero-order valence-corrected chi connectivity index (χ0v) is 20.6. The second kappa shape index (κ2) is 11.5. The molecular formula is C24H31N7O6. The van der Waals surface area contributed by atoms with Crippen LogP contribution >= 0.6 is 0 Å². The predicted octanol–water partition coefficient (Wildman–Crippen LogP) is -0.0760. The molecule has 1 aliphatic heterocycles. The molecule has 2 aromatic heterocycles. The number of nitrogens with two attached hydrogens (primary N) is 1. The van der Waals surface area contributed by atoms with Gasteiger partial charge in [0.15, 0.2) is 23.8 Å². The Labute approximate surface area is 213 Å². The largest absolute Gasteiger partial charge is 0.469 e. The molecule has 0 spiro atoms. The minimum atomic E-state index is -1.42. The summed E-state index contributed by atoms with van der Waals surface area (Å²) in [7, 11) is 1.38. The molecule has 4 atom stereocenters. The van der Waals surface area contributed by atoms with Crippen molar-refractivity contribution < 1.29 is 29.3 Å². The molecule has 13 nitrogen and oxygen atoms in total. The Balaban J connectivity index is 1.42. The Bertz CT molecular complexity index is 1250. The van der Waals surface area contributed by atoms with E-state index in [1.807, 2.05) is 24.3 Å². The van der Waals surface area contributed by atoms with Crippen LogP contribution in [0.4, 0.5) is 11.8 Å². The summed E-state index contributed by atoms with van der Waals surface area (Å²) in [6.07, 6.45) is -2.11. The zero-order valence-electron chi connectivity index (χ0n) is 20.6. The molecule has 3 heterocycles. The maximum Gasteiger partial charge on any atom is 0.305 e. The second-order valence-corrected chi connectivity index (χ2v) is 8.65. The third kappa shape index (κ3) is 5.79. The Morgan fingerprint density at radius 3 is 2.51 bits per heavy atom. The lowest BCUT2D eigenvalue weighted by Gasteiger charge is -2.16. The highest BCUT2D eigenvalue weighted by atomic mass is 16.6. The number of aromatic nitrogens is 4. The highest BCUT2D eigenvalue weighted by Crippen LogP contribution is 2.32. The number of likely N-dealkylation sites (N-methyl/N-ethyl adjacent to an activating group) is 1. The molecule has 13 heteroatoms. The van der Waals surface area contributed by atoms with E-state index in [0.29, 0.717) is 37.9 Å². The molecule has 1 aromatic carbocycles. The number of fused-ring (bicyclic) bond motifs is 1. The summed E-state index contributed by atoms with van der Waals surface area (Å²) in [5, 5.41) is 26.6. The van der Waals surface area contributed by atoms with Crippen molar-refractivity contribution in [3.05, 3.63) is 41.7 Å². The van der Waals surface area contributed by atoms with E-state index in [0.717, 1.165) is 11.1 Å². The van der Waals surface area contributed by atoms with Crippen molar-refractivity contribution in [1.82, 2.24) is 24.8 Å². The Morgan fingerprint density at radius 1 is 1.14 bits per heavy atom. The molecule has 1 aliphatic rings. The van der Waals surface area contributed by atoms with Gasteiger partial charge in [0.1, 0.15) is 17.7 Å². The van der Waals surface area contributed by atoms with Crippen LogP contribution in [-0.4, -0.2) is 80.1 Å². The van der Waals surface area contributed by atoms with Gasteiger partial charge in [0, 0.05) is 19.5 Å². The van der Waals surface area contributed by atoms with E-state index < -0.39 is 30.4 Å². The van der Waals surface area contributed by atoms with Crippen molar-refractivity contribution in [3.63, 3.8) is 0 Å². The SMILES string of the molecule is CCNC(=O)[C@H]1O[C@@H](n2cnc3c(N)nc(NCCc4ccc(CCC(=O)OC)cc4)nc32)[C@H](O)[C@@H]1O. The summed E-state index contributed by atoms with van der Waals surface area (Å²) >= 11 is 0. The van der Waals surface area contributed by atoms with Crippen molar-refractivity contribution in [2.24, 2.45) is 0 Å². The van der Waals surface area contributed by atoms with E-state index in [4.69, 9.17) is 10.5 Å². The lowest BCUT2D eigenvalue weighted by Crippen LogP contribution is -2.42. The molecule has 3 aromatic rings. The third-order valence-corrected chi connectivity index (χ3v) is 6.14. The van der Waals surface area contributed by atoms with Crippen molar-refractivity contribution >= 4 is 34.8 Å². The minimum Gasteiger partial charge on any atom is -0.469 e. The molecule has 4 rings (SSSR count). The topological polar surface area (TPSA) is 187 Å². The number of amides is 1. The fraction of sp³-hybridized carbons (Fsp3) is 0.458. The Kier molecular flexibility index (Phi) is 8.16. The number of ether oxygens (including phenoxy) is 2. The minimum absolute atomic E-state index is 0.134. The van der Waals surface area contributed by atoms with Gasteiger partial charge in [0.05, 0.1) is 13.4 Å². The first-order valence-electron chi connectivity index (χ1n) is 12.0. The first-order valence-corrected chi connectivity index (χ1v) is 12.0. The summed E-state index contributed by atoms with van der Waals surface area (Å²) in [6, 6.07) is 7.95. The monoisotopic (exact) mass is 513 g/mol. The normalized spacial score (nSPS) is 21.2. The van der Waals surface area contributed by atoms with Gasteiger partial charge in [-0.3, -0.25) is 14.2 Å². The predicted molar refractivity (Wildman–Crippen MR) is 133 cm³/mol. The quantitative estimate of drug-likeness (QED) is 0.228. The molecule has 0 bridgehead atoms. The highest BCUT2D eigenvalue weighted by molar-refractivity contribution is 5.83. The van der Waals surface area contributed by atoms with Crippen molar-refractivity contribution in [1.29, 1.82) is 0 Å². The number of methoxy groups -OCH3 is 1. The maximum atomic E-state index is 12.2. The number of aliphatic hydroxyl groups is 2. The molecular weight excluding hydrogens is 482 g/mol. The third-order valence-electron chi connectivity index (χ3n) is 6.14. The molecule has 1 fully saturated rings. The molecule has 1 saturated heterocycles. The lowest BCUT2D eigenvalue weighted by molar-refractivity contribution is -0.140. The number of nitrogens with zero attached hydrogens (tertiary/aromatic N) is 4. The molecule has 0 radical (unpaired) electrons. The maximum absolute atomic E-state index is 12.2. The average Bonchev–Trinajstić information content (AvgIpc) is 3.44. The summed E-state index contributed by atoms with van der Waals surface area (Å²) in [5.74, 6) is -0.365. The number of rotatable bonds is 10. The molecule has 1 amide bonds. The number of aliphatic hydroxyl groups excluding tert-OH is 2. The number of hydrogen-bond donors (Lipinski definition) is 5. The average molecular weight is 514 g/mol. The second-order valence-electron chi connectivity index (χ2n) is 8.65. The summed E-state index contributed by atoms with van der Waals surface area (Å²) in [4.78, 5) is 36.5. The molecule has 0 unspecified atom stereocenters. The summed E-state index contributed by atoms with van der Waals surface area (Å²) in [5.41, 5.74) is 8.82. The van der Waals surface area contributed by atoms with Crippen molar-refractivity contribution in [3.8, 4) is 0 Å². The number of anilines is 2. The van der Waals surface area contributed by atoms with Crippen LogP contribution in [0.15, 0.2) is 30.6 Å². The number of carbonyl (C=O) groups excluding carboxylic acids is 2. The number of benzene rings is 1. The van der Waals surface area contributed by atoms with Crippen LogP contribution in [0, 0.1) is 0 Å². The van der Waals surface area contributed by atoms with E-state index in [1.165, 1.54) is 18.0 Å². The Hall–Kier alpha value is -3.81. The van der Waals surface area contributed by atoms with E-state index in [1.54, 1.807) is 6.92 Å². The van der Waals surface area contributed by atoms with E-state index in [9.17, 15) is 19.8 Å². The van der Waals surface area contributed by atoms with Gasteiger partial charge < -0.3 is 36.1 Å². The fourth-order valence-electron chi connectivity index (χ4n) is 4.12. The van der Waals surface area contributed by atoms with Crippen LogP contribution < -0.4 is 16.4 Å². The van der Waals surface area contributed by atoms with Gasteiger partial charge in [-0.1, -0.05) is 24.3 Å². The number of aryl methyl sites for hydroxylation is 1. The van der Waals surface area contributed by atoms with Crippen molar-refractivity contribution in [2.75, 3.05) is 31.2 Å².